The van der Waals surface area contributed by atoms with Crippen LogP contribution in [0.2, 0.25) is 0 Å². The van der Waals surface area contributed by atoms with Crippen LogP contribution in [-0.2, 0) is 10.9 Å². The van der Waals surface area contributed by atoms with Crippen molar-refractivity contribution >= 4 is 31.6 Å². The van der Waals surface area contributed by atoms with E-state index in [-0.39, 0.29) is 6.42 Å². The molecule has 0 aliphatic heterocycles. The molecule has 33 heavy (non-hydrogen) atoms. The molecular formula is C25H38F2INO4. The van der Waals surface area contributed by atoms with Crippen molar-refractivity contribution in [2.24, 2.45) is 0 Å². The average molecular weight is 581 g/mol. The Labute approximate surface area is 203 Å². The zero-order valence-corrected chi connectivity index (χ0v) is 21.9. The predicted octanol–water partition coefficient (Wildman–Crippen LogP) is 7.85. The van der Waals surface area contributed by atoms with E-state index in [4.69, 9.17) is 0 Å². The quantitative estimate of drug-likeness (QED) is 0.109. The summed E-state index contributed by atoms with van der Waals surface area (Å²) in [5.41, 5.74) is -0.660. The summed E-state index contributed by atoms with van der Waals surface area (Å²) in [5, 5.41) is 2.03. The van der Waals surface area contributed by atoms with E-state index in [2.05, 4.69) is 6.92 Å². The molecule has 0 bridgehead atoms. The average Bonchev–Trinajstić information content (AvgIpc) is 2.75. The van der Waals surface area contributed by atoms with Crippen molar-refractivity contribution < 1.29 is 24.5 Å². The lowest BCUT2D eigenvalue weighted by atomic mass is 10.0. The van der Waals surface area contributed by atoms with Gasteiger partial charge in [0, 0.05) is 12.5 Å². The monoisotopic (exact) mass is 581 g/mol. The first-order chi connectivity index (χ1) is 15.9. The Morgan fingerprint density at radius 2 is 1.21 bits per heavy atom. The fraction of sp³-hybridized carbons (Fsp3) is 0.680. The van der Waals surface area contributed by atoms with Gasteiger partial charge in [-0.25, -0.2) is 14.9 Å². The van der Waals surface area contributed by atoms with Crippen LogP contribution in [0.5, 0.6) is 0 Å². The minimum atomic E-state index is -4.38. The fourth-order valence-corrected chi connectivity index (χ4v) is 5.24. The lowest BCUT2D eigenvalue weighted by molar-refractivity contribution is -0.120. The predicted molar refractivity (Wildman–Crippen MR) is 132 cm³/mol. The summed E-state index contributed by atoms with van der Waals surface area (Å²) < 4.78 is 48.8. The first-order valence-corrected chi connectivity index (χ1v) is 15.1. The van der Waals surface area contributed by atoms with E-state index < -0.39 is 52.4 Å². The number of unbranched alkanes of at least 4 members (excludes halogenated alkanes) is 14. The summed E-state index contributed by atoms with van der Waals surface area (Å²) in [7, 11) is 0. The van der Waals surface area contributed by atoms with Crippen molar-refractivity contribution in [1.82, 2.24) is 5.32 Å². The number of amides is 2. The molecule has 1 N–H and O–H groups in total. The molecule has 0 aromatic heterocycles. The molecule has 5 nitrogen and oxygen atoms in total. The molecule has 0 fully saturated rings. The molecule has 0 saturated heterocycles. The van der Waals surface area contributed by atoms with E-state index in [1.165, 1.54) is 70.6 Å². The van der Waals surface area contributed by atoms with Gasteiger partial charge < -0.3 is 0 Å². The van der Waals surface area contributed by atoms with Crippen LogP contribution in [0.3, 0.4) is 0 Å². The summed E-state index contributed by atoms with van der Waals surface area (Å²) in [6.45, 7) is 2.24. The maximum absolute atomic E-state index is 13.7. The Kier molecular flexibility index (Phi) is 16.1. The van der Waals surface area contributed by atoms with Crippen LogP contribution in [0.1, 0.15) is 120 Å². The Morgan fingerprint density at radius 3 is 1.67 bits per heavy atom. The molecule has 0 saturated carbocycles. The van der Waals surface area contributed by atoms with E-state index in [0.29, 0.717) is 18.6 Å². The van der Waals surface area contributed by atoms with Crippen LogP contribution in [0.4, 0.5) is 8.78 Å². The van der Waals surface area contributed by atoms with Crippen molar-refractivity contribution in [3.63, 3.8) is 0 Å². The lowest BCUT2D eigenvalue weighted by Gasteiger charge is -2.07. The van der Waals surface area contributed by atoms with Gasteiger partial charge in [0.2, 0.25) is 5.91 Å². The Bertz CT molecular complexity index is 804. The summed E-state index contributed by atoms with van der Waals surface area (Å²) in [4.78, 5) is 24.1. The van der Waals surface area contributed by atoms with Gasteiger partial charge in [0.25, 0.3) is 5.91 Å². The minimum Gasteiger partial charge on any atom is -0.292 e. The van der Waals surface area contributed by atoms with E-state index in [9.17, 15) is 24.5 Å². The maximum atomic E-state index is 13.7. The van der Waals surface area contributed by atoms with Gasteiger partial charge in [-0.1, -0.05) is 96.8 Å². The van der Waals surface area contributed by atoms with Gasteiger partial charge in [0.05, 0.1) is 5.56 Å². The maximum Gasteiger partial charge on any atom is 0.344 e. The first kappa shape index (κ1) is 29.6. The van der Waals surface area contributed by atoms with Crippen LogP contribution >= 0.6 is 19.8 Å². The van der Waals surface area contributed by atoms with Gasteiger partial charge in [-0.05, 0) is 12.5 Å². The van der Waals surface area contributed by atoms with E-state index in [0.717, 1.165) is 19.3 Å². The SMILES string of the molecule is CCCCCCCCCCCCCCCCCC(=O)NC(=O)c1cc(F)cc(F)c1I(=O)=O. The number of carbonyl (C=O) groups excluding carboxylic acids is 2. The van der Waals surface area contributed by atoms with Crippen molar-refractivity contribution in [3.8, 4) is 0 Å². The number of imide groups is 1. The zero-order valence-electron chi connectivity index (χ0n) is 19.7. The molecule has 0 aliphatic carbocycles. The molecule has 1 rings (SSSR count). The number of carbonyl (C=O) groups is 2. The molecule has 0 spiro atoms. The van der Waals surface area contributed by atoms with Crippen LogP contribution in [0, 0.1) is 15.2 Å². The highest BCUT2D eigenvalue weighted by Gasteiger charge is 2.22. The van der Waals surface area contributed by atoms with E-state index in [1.54, 1.807) is 0 Å². The highest BCUT2D eigenvalue weighted by atomic mass is 127. The summed E-state index contributed by atoms with van der Waals surface area (Å²) in [5.74, 6) is -4.06. The van der Waals surface area contributed by atoms with Crippen molar-refractivity contribution in [2.75, 3.05) is 0 Å². The van der Waals surface area contributed by atoms with Gasteiger partial charge in [-0.2, -0.15) is 0 Å². The summed E-state index contributed by atoms with van der Waals surface area (Å²) in [6.07, 6.45) is 18.1. The molecule has 0 atom stereocenters. The van der Waals surface area contributed by atoms with E-state index in [1.807, 2.05) is 5.32 Å². The Balaban J connectivity index is 2.11. The standard InChI is InChI=1S/C25H38F2INO4/c1-2-3-4-5-6-7-8-9-10-11-12-13-14-15-16-17-23(30)29-25(31)21-18-20(26)19-22(27)24(21)28(32)33/h18-19H,2-17H2,1H3,(H,29,30,31). The highest BCUT2D eigenvalue weighted by molar-refractivity contribution is 14.2. The molecule has 1 aromatic rings. The molecule has 0 aliphatic rings. The Hall–Kier alpha value is -1.45. The van der Waals surface area contributed by atoms with Gasteiger partial charge in [-0.15, -0.1) is 0 Å². The van der Waals surface area contributed by atoms with Gasteiger partial charge >= 0.3 is 19.8 Å². The second-order valence-corrected chi connectivity index (χ2v) is 10.9. The van der Waals surface area contributed by atoms with Crippen LogP contribution < -0.4 is 5.32 Å². The number of hydrogen-bond acceptors (Lipinski definition) is 4. The second-order valence-electron chi connectivity index (χ2n) is 8.54. The van der Waals surface area contributed by atoms with E-state index >= 15 is 0 Å². The molecule has 0 radical (unpaired) electrons. The summed E-state index contributed by atoms with van der Waals surface area (Å²) >= 11 is -4.38. The Morgan fingerprint density at radius 1 is 0.758 bits per heavy atom. The summed E-state index contributed by atoms with van der Waals surface area (Å²) in [6, 6.07) is 1.04. The number of hydrogen-bond donors (Lipinski definition) is 1. The fourth-order valence-electron chi connectivity index (χ4n) is 3.79. The van der Waals surface area contributed by atoms with Gasteiger partial charge in [-0.3, -0.25) is 14.9 Å². The van der Waals surface area contributed by atoms with Crippen molar-refractivity contribution in [3.05, 3.63) is 32.9 Å². The molecule has 0 unspecified atom stereocenters. The van der Waals surface area contributed by atoms with Crippen LogP contribution in [-0.4, -0.2) is 11.8 Å². The topological polar surface area (TPSA) is 80.3 Å². The molecule has 1 aromatic carbocycles. The number of nitrogens with one attached hydrogen (secondary N) is 1. The number of rotatable bonds is 18. The zero-order chi connectivity index (χ0) is 24.5. The van der Waals surface area contributed by atoms with Gasteiger partial charge in [0.15, 0.2) is 0 Å². The molecule has 0 heterocycles. The molecule has 188 valence electrons. The van der Waals surface area contributed by atoms with Crippen LogP contribution in [0.25, 0.3) is 0 Å². The first-order valence-electron chi connectivity index (χ1n) is 12.2. The van der Waals surface area contributed by atoms with Crippen molar-refractivity contribution in [1.29, 1.82) is 0 Å². The highest BCUT2D eigenvalue weighted by Crippen LogP contribution is 2.26. The largest absolute Gasteiger partial charge is 0.344 e. The number of halogens is 3. The minimum absolute atomic E-state index is 0.105. The smallest absolute Gasteiger partial charge is 0.292 e. The third-order valence-corrected chi connectivity index (χ3v) is 7.63. The van der Waals surface area contributed by atoms with Gasteiger partial charge in [0.1, 0.15) is 15.2 Å². The third kappa shape index (κ3) is 13.1. The molecule has 8 heteroatoms. The second kappa shape index (κ2) is 18.0. The lowest BCUT2D eigenvalue weighted by Crippen LogP contribution is -2.31. The van der Waals surface area contributed by atoms with Crippen molar-refractivity contribution in [2.45, 2.75) is 110 Å². The third-order valence-electron chi connectivity index (χ3n) is 5.65. The molecule has 2 amide bonds. The molecular weight excluding hydrogens is 543 g/mol. The number of benzene rings is 1. The normalized spacial score (nSPS) is 11.2. The van der Waals surface area contributed by atoms with Crippen LogP contribution in [0.15, 0.2) is 12.1 Å².